The van der Waals surface area contributed by atoms with Crippen LogP contribution in [0, 0.1) is 28.9 Å². The Morgan fingerprint density at radius 3 is 2.48 bits per heavy atom. The largest absolute Gasteiger partial charge is 0.418 e. The van der Waals surface area contributed by atoms with Gasteiger partial charge in [-0.25, -0.2) is 8.78 Å². The van der Waals surface area contributed by atoms with E-state index in [9.17, 15) is 27.2 Å². The first-order valence-electron chi connectivity index (χ1n) is 10.3. The predicted molar refractivity (Wildman–Crippen MR) is 109 cm³/mol. The highest BCUT2D eigenvalue weighted by molar-refractivity contribution is 5.66. The molecule has 10 heteroatoms. The van der Waals surface area contributed by atoms with Crippen LogP contribution in [0.3, 0.4) is 0 Å². The second-order valence-electron chi connectivity index (χ2n) is 8.38. The number of halogens is 5. The van der Waals surface area contributed by atoms with E-state index in [4.69, 9.17) is 4.52 Å². The summed E-state index contributed by atoms with van der Waals surface area (Å²) in [6.07, 6.45) is -3.94. The maximum atomic E-state index is 13.8. The van der Waals surface area contributed by atoms with Crippen LogP contribution in [-0.2, 0) is 19.1 Å². The van der Waals surface area contributed by atoms with Crippen LogP contribution in [0.1, 0.15) is 42.8 Å². The van der Waals surface area contributed by atoms with Crippen LogP contribution in [0.5, 0.6) is 0 Å². The first-order valence-corrected chi connectivity index (χ1v) is 10.3. The molecule has 2 heterocycles. The van der Waals surface area contributed by atoms with Gasteiger partial charge in [0.1, 0.15) is 11.6 Å². The van der Waals surface area contributed by atoms with Gasteiger partial charge >= 0.3 is 6.18 Å². The van der Waals surface area contributed by atoms with Crippen LogP contribution in [0.15, 0.2) is 34.9 Å². The molecule has 1 aliphatic rings. The minimum atomic E-state index is -4.67. The smallest absolute Gasteiger partial charge is 0.360 e. The molecule has 1 atom stereocenters. The first-order chi connectivity index (χ1) is 15.6. The average molecular weight is 462 g/mol. The molecule has 0 saturated carbocycles. The van der Waals surface area contributed by atoms with E-state index >= 15 is 0 Å². The lowest BCUT2D eigenvalue weighted by Crippen LogP contribution is -2.33. The van der Waals surface area contributed by atoms with Gasteiger partial charge in [0.15, 0.2) is 5.82 Å². The van der Waals surface area contributed by atoms with Gasteiger partial charge in [-0.3, -0.25) is 0 Å². The summed E-state index contributed by atoms with van der Waals surface area (Å²) in [5.74, 6) is -1.34. The average Bonchev–Trinajstić information content (AvgIpc) is 3.30. The number of anilines is 1. The van der Waals surface area contributed by atoms with Crippen molar-refractivity contribution in [2.45, 2.75) is 45.5 Å². The number of alkyl halides is 3. The Morgan fingerprint density at radius 2 is 1.88 bits per heavy atom. The summed E-state index contributed by atoms with van der Waals surface area (Å²) in [4.78, 5) is 5.96. The van der Waals surface area contributed by atoms with Crippen molar-refractivity contribution < 1.29 is 26.5 Å². The maximum Gasteiger partial charge on any atom is 0.418 e. The van der Waals surface area contributed by atoms with Crippen molar-refractivity contribution in [1.82, 2.24) is 10.1 Å². The van der Waals surface area contributed by atoms with Crippen LogP contribution in [0.4, 0.5) is 27.6 Å². The van der Waals surface area contributed by atoms with Gasteiger partial charge in [0.05, 0.1) is 23.7 Å². The van der Waals surface area contributed by atoms with Crippen LogP contribution in [0.2, 0.25) is 0 Å². The van der Waals surface area contributed by atoms with Gasteiger partial charge < -0.3 is 9.42 Å². The SMILES string of the molecule is CC(C)CC1Cc2c(ccc(C#N)c2C(F)(F)F)N1Cc1noc(-c2cc(F)cc(F)c2)n1. The Labute approximate surface area is 186 Å². The van der Waals surface area contributed by atoms with Crippen molar-refractivity contribution in [3.05, 3.63) is 64.5 Å². The molecule has 5 nitrogen and oxygen atoms in total. The summed E-state index contributed by atoms with van der Waals surface area (Å²) in [6, 6.07) is 6.86. The molecule has 3 aromatic rings. The molecule has 172 valence electrons. The van der Waals surface area contributed by atoms with Crippen LogP contribution in [0.25, 0.3) is 11.5 Å². The fraction of sp³-hybridized carbons (Fsp3) is 0.348. The van der Waals surface area contributed by atoms with E-state index in [0.29, 0.717) is 18.2 Å². The van der Waals surface area contributed by atoms with Gasteiger partial charge in [0, 0.05) is 23.4 Å². The van der Waals surface area contributed by atoms with Crippen LogP contribution >= 0.6 is 0 Å². The molecule has 0 bridgehead atoms. The zero-order chi connectivity index (χ0) is 23.9. The Morgan fingerprint density at radius 1 is 1.18 bits per heavy atom. The molecule has 33 heavy (non-hydrogen) atoms. The van der Waals surface area contributed by atoms with Crippen molar-refractivity contribution in [2.24, 2.45) is 5.92 Å². The zero-order valence-electron chi connectivity index (χ0n) is 17.7. The summed E-state index contributed by atoms with van der Waals surface area (Å²) < 4.78 is 73.7. The summed E-state index contributed by atoms with van der Waals surface area (Å²) in [5, 5.41) is 13.1. The first kappa shape index (κ1) is 22.7. The molecule has 1 aliphatic heterocycles. The number of rotatable bonds is 5. The van der Waals surface area contributed by atoms with Crippen molar-refractivity contribution >= 4 is 5.69 Å². The number of aromatic nitrogens is 2. The standard InChI is InChI=1S/C23H19F5N4O/c1-12(2)5-17-9-18-19(4-3-13(10-29)21(18)23(26,27)28)32(17)11-20-30-22(33-31-20)14-6-15(24)8-16(25)7-14/h3-4,6-8,12,17H,5,9,11H2,1-2H3. The number of hydrogen-bond donors (Lipinski definition) is 0. The molecule has 0 spiro atoms. The second kappa shape index (κ2) is 8.46. The quantitative estimate of drug-likeness (QED) is 0.443. The molecule has 0 N–H and O–H groups in total. The van der Waals surface area contributed by atoms with Gasteiger partial charge in [-0.1, -0.05) is 19.0 Å². The molecular formula is C23H19F5N4O. The van der Waals surface area contributed by atoms with Crippen LogP contribution < -0.4 is 4.90 Å². The van der Waals surface area contributed by atoms with E-state index < -0.39 is 28.9 Å². The summed E-state index contributed by atoms with van der Waals surface area (Å²) in [7, 11) is 0. The number of nitriles is 1. The predicted octanol–water partition coefficient (Wildman–Crippen LogP) is 5.88. The Hall–Kier alpha value is -3.48. The molecule has 1 aromatic heterocycles. The van der Waals surface area contributed by atoms with Crippen molar-refractivity contribution in [1.29, 1.82) is 5.26 Å². The van der Waals surface area contributed by atoms with Crippen molar-refractivity contribution in [3.63, 3.8) is 0 Å². The number of benzene rings is 2. The molecule has 0 fully saturated rings. The normalized spacial score (nSPS) is 15.7. The van der Waals surface area contributed by atoms with E-state index in [1.165, 1.54) is 12.1 Å². The van der Waals surface area contributed by atoms with E-state index in [0.717, 1.165) is 12.1 Å². The third kappa shape index (κ3) is 4.53. The van der Waals surface area contributed by atoms with Gasteiger partial charge in [-0.2, -0.15) is 23.4 Å². The molecular weight excluding hydrogens is 443 g/mol. The number of fused-ring (bicyclic) bond motifs is 1. The van der Waals surface area contributed by atoms with Gasteiger partial charge in [0.2, 0.25) is 0 Å². The minimum absolute atomic E-state index is 0.0366. The lowest BCUT2D eigenvalue weighted by atomic mass is 9.95. The van der Waals surface area contributed by atoms with Gasteiger partial charge in [-0.15, -0.1) is 0 Å². The van der Waals surface area contributed by atoms with Crippen molar-refractivity contribution in [2.75, 3.05) is 4.90 Å². The maximum absolute atomic E-state index is 13.8. The molecule has 0 saturated heterocycles. The van der Waals surface area contributed by atoms with E-state index in [-0.39, 0.29) is 47.8 Å². The Balaban J connectivity index is 1.72. The summed E-state index contributed by atoms with van der Waals surface area (Å²) in [5.41, 5.74) is -0.841. The molecule has 4 rings (SSSR count). The Kier molecular flexibility index (Phi) is 5.82. The lowest BCUT2D eigenvalue weighted by molar-refractivity contribution is -0.138. The van der Waals surface area contributed by atoms with E-state index in [2.05, 4.69) is 10.1 Å². The third-order valence-electron chi connectivity index (χ3n) is 5.51. The highest BCUT2D eigenvalue weighted by Crippen LogP contribution is 2.44. The number of nitrogens with zero attached hydrogens (tertiary/aromatic N) is 4. The fourth-order valence-corrected chi connectivity index (χ4v) is 4.31. The lowest BCUT2D eigenvalue weighted by Gasteiger charge is -2.27. The monoisotopic (exact) mass is 462 g/mol. The fourth-order valence-electron chi connectivity index (χ4n) is 4.31. The zero-order valence-corrected chi connectivity index (χ0v) is 17.7. The summed E-state index contributed by atoms with van der Waals surface area (Å²) in [6.45, 7) is 3.98. The van der Waals surface area contributed by atoms with Gasteiger partial charge in [-0.05, 0) is 48.6 Å². The minimum Gasteiger partial charge on any atom is -0.360 e. The van der Waals surface area contributed by atoms with E-state index in [1.807, 2.05) is 13.8 Å². The molecule has 0 aliphatic carbocycles. The molecule has 1 unspecified atom stereocenters. The Bertz CT molecular complexity index is 1210. The summed E-state index contributed by atoms with van der Waals surface area (Å²) >= 11 is 0. The topological polar surface area (TPSA) is 66.0 Å². The molecule has 2 aromatic carbocycles. The highest BCUT2D eigenvalue weighted by atomic mass is 19.4. The van der Waals surface area contributed by atoms with Gasteiger partial charge in [0.25, 0.3) is 5.89 Å². The second-order valence-corrected chi connectivity index (χ2v) is 8.38. The highest BCUT2D eigenvalue weighted by Gasteiger charge is 2.42. The third-order valence-corrected chi connectivity index (χ3v) is 5.51. The van der Waals surface area contributed by atoms with Crippen LogP contribution in [-0.4, -0.2) is 16.2 Å². The van der Waals surface area contributed by atoms with Crippen molar-refractivity contribution in [3.8, 4) is 17.5 Å². The van der Waals surface area contributed by atoms with E-state index in [1.54, 1.807) is 11.0 Å². The molecule has 0 radical (unpaired) electrons. The molecule has 0 amide bonds. The number of hydrogen-bond acceptors (Lipinski definition) is 5.